The predicted octanol–water partition coefficient (Wildman–Crippen LogP) is 3.44. The highest BCUT2D eigenvalue weighted by molar-refractivity contribution is 9.10. The van der Waals surface area contributed by atoms with Crippen LogP contribution in [0.2, 0.25) is 0 Å². The fourth-order valence-electron chi connectivity index (χ4n) is 1.27. The minimum absolute atomic E-state index is 0.186. The van der Waals surface area contributed by atoms with Gasteiger partial charge in [-0.3, -0.25) is 4.79 Å². The highest BCUT2D eigenvalue weighted by Gasteiger charge is 2.17. The lowest BCUT2D eigenvalue weighted by Gasteiger charge is -2.07. The number of carbonyl (C=O) groups is 2. The summed E-state index contributed by atoms with van der Waals surface area (Å²) in [7, 11) is 0. The Morgan fingerprint density at radius 3 is 2.59 bits per heavy atom. The number of carbonyl (C=O) groups excluding carboxylic acids is 2. The standard InChI is InChI=1S/C12H12BrClO3/c1-3-17-12(16)8-4-5-9(10(13)6-8)11(15)7(2)14/h4-7H,3H2,1-2H3. The zero-order chi connectivity index (χ0) is 13.0. The van der Waals surface area contributed by atoms with Crippen LogP contribution in [0.3, 0.4) is 0 Å². The molecule has 1 unspecified atom stereocenters. The van der Waals surface area contributed by atoms with Gasteiger partial charge in [-0.1, -0.05) is 15.9 Å². The van der Waals surface area contributed by atoms with E-state index in [0.717, 1.165) is 0 Å². The Balaban J connectivity index is 3.02. The Hall–Kier alpha value is -0.870. The maximum atomic E-state index is 11.7. The molecule has 0 aliphatic heterocycles. The first kappa shape index (κ1) is 14.2. The second kappa shape index (κ2) is 6.17. The largest absolute Gasteiger partial charge is 0.462 e. The molecular weight excluding hydrogens is 307 g/mol. The molecule has 1 rings (SSSR count). The topological polar surface area (TPSA) is 43.4 Å². The smallest absolute Gasteiger partial charge is 0.338 e. The van der Waals surface area contributed by atoms with Crippen LogP contribution in [0.1, 0.15) is 34.6 Å². The van der Waals surface area contributed by atoms with Crippen molar-refractivity contribution in [1.29, 1.82) is 0 Å². The van der Waals surface area contributed by atoms with Crippen molar-refractivity contribution < 1.29 is 14.3 Å². The van der Waals surface area contributed by atoms with E-state index in [9.17, 15) is 9.59 Å². The number of rotatable bonds is 4. The predicted molar refractivity (Wildman–Crippen MR) is 69.7 cm³/mol. The molecule has 0 fully saturated rings. The number of hydrogen-bond acceptors (Lipinski definition) is 3. The number of esters is 1. The van der Waals surface area contributed by atoms with Crippen molar-refractivity contribution in [3.05, 3.63) is 33.8 Å². The Kier molecular flexibility index (Phi) is 5.15. The molecule has 1 aromatic rings. The minimum Gasteiger partial charge on any atom is -0.462 e. The molecule has 0 spiro atoms. The van der Waals surface area contributed by atoms with Crippen molar-refractivity contribution in [1.82, 2.24) is 0 Å². The Morgan fingerprint density at radius 2 is 2.12 bits per heavy atom. The fraction of sp³-hybridized carbons (Fsp3) is 0.333. The maximum Gasteiger partial charge on any atom is 0.338 e. The average Bonchev–Trinajstić information content (AvgIpc) is 2.28. The number of ketones is 1. The van der Waals surface area contributed by atoms with Crippen molar-refractivity contribution >= 4 is 39.3 Å². The highest BCUT2D eigenvalue weighted by Crippen LogP contribution is 2.22. The van der Waals surface area contributed by atoms with Gasteiger partial charge < -0.3 is 4.74 Å². The number of Topliss-reactive ketones (excluding diaryl/α,β-unsaturated/α-hetero) is 1. The normalized spacial score (nSPS) is 12.0. The molecule has 0 aliphatic rings. The van der Waals surface area contributed by atoms with E-state index in [2.05, 4.69) is 15.9 Å². The Labute approximate surface area is 113 Å². The van der Waals surface area contributed by atoms with Gasteiger partial charge in [-0.05, 0) is 32.0 Å². The van der Waals surface area contributed by atoms with E-state index in [4.69, 9.17) is 16.3 Å². The molecule has 1 atom stereocenters. The molecule has 3 nitrogen and oxygen atoms in total. The van der Waals surface area contributed by atoms with Crippen LogP contribution in [0, 0.1) is 0 Å². The first-order valence-electron chi connectivity index (χ1n) is 5.12. The molecule has 5 heteroatoms. The zero-order valence-corrected chi connectivity index (χ0v) is 11.8. The molecule has 0 aromatic heterocycles. The lowest BCUT2D eigenvalue weighted by Crippen LogP contribution is -2.12. The van der Waals surface area contributed by atoms with Gasteiger partial charge in [0.15, 0.2) is 5.78 Å². The van der Waals surface area contributed by atoms with Crippen LogP contribution in [0.4, 0.5) is 0 Å². The summed E-state index contributed by atoms with van der Waals surface area (Å²) in [6.45, 7) is 3.66. The van der Waals surface area contributed by atoms with E-state index in [1.807, 2.05) is 0 Å². The number of alkyl halides is 1. The van der Waals surface area contributed by atoms with Gasteiger partial charge >= 0.3 is 5.97 Å². The van der Waals surface area contributed by atoms with E-state index in [-0.39, 0.29) is 5.78 Å². The molecule has 1 aromatic carbocycles. The lowest BCUT2D eigenvalue weighted by molar-refractivity contribution is 0.0526. The molecule has 0 heterocycles. The summed E-state index contributed by atoms with van der Waals surface area (Å²) < 4.78 is 5.40. The lowest BCUT2D eigenvalue weighted by atomic mass is 10.1. The van der Waals surface area contributed by atoms with Crippen LogP contribution in [-0.2, 0) is 4.74 Å². The van der Waals surface area contributed by atoms with Gasteiger partial charge in [0.25, 0.3) is 0 Å². The molecule has 0 N–H and O–H groups in total. The van der Waals surface area contributed by atoms with Gasteiger partial charge in [-0.25, -0.2) is 4.79 Å². The van der Waals surface area contributed by atoms with Gasteiger partial charge in [0, 0.05) is 10.0 Å². The van der Waals surface area contributed by atoms with Gasteiger partial charge in [0.05, 0.1) is 17.5 Å². The quantitative estimate of drug-likeness (QED) is 0.485. The molecular formula is C12H12BrClO3. The van der Waals surface area contributed by atoms with Gasteiger partial charge in [-0.15, -0.1) is 11.6 Å². The summed E-state index contributed by atoms with van der Waals surface area (Å²) >= 11 is 8.97. The fourth-order valence-corrected chi connectivity index (χ4v) is 1.96. The van der Waals surface area contributed by atoms with Crippen molar-refractivity contribution in [2.75, 3.05) is 6.61 Å². The summed E-state index contributed by atoms with van der Waals surface area (Å²) in [5.74, 6) is -0.597. The van der Waals surface area contributed by atoms with Crippen LogP contribution in [-0.4, -0.2) is 23.7 Å². The Bertz CT molecular complexity index is 443. The third-order valence-electron chi connectivity index (χ3n) is 2.11. The van der Waals surface area contributed by atoms with Crippen LogP contribution < -0.4 is 0 Å². The SMILES string of the molecule is CCOC(=O)c1ccc(C(=O)C(C)Cl)c(Br)c1. The molecule has 0 radical (unpaired) electrons. The minimum atomic E-state index is -0.597. The van der Waals surface area contributed by atoms with Crippen molar-refractivity contribution in [3.8, 4) is 0 Å². The van der Waals surface area contributed by atoms with Crippen molar-refractivity contribution in [3.63, 3.8) is 0 Å². The second-order valence-corrected chi connectivity index (χ2v) is 4.90. The Morgan fingerprint density at radius 1 is 1.47 bits per heavy atom. The number of benzene rings is 1. The second-order valence-electron chi connectivity index (χ2n) is 3.40. The molecule has 17 heavy (non-hydrogen) atoms. The first-order valence-corrected chi connectivity index (χ1v) is 6.35. The third kappa shape index (κ3) is 3.54. The summed E-state index contributed by atoms with van der Waals surface area (Å²) in [5.41, 5.74) is 0.859. The van der Waals surface area contributed by atoms with Crippen LogP contribution in [0.5, 0.6) is 0 Å². The molecule has 0 saturated heterocycles. The third-order valence-corrected chi connectivity index (χ3v) is 2.96. The van der Waals surface area contributed by atoms with Gasteiger partial charge in [0.2, 0.25) is 0 Å². The molecule has 0 saturated carbocycles. The van der Waals surface area contributed by atoms with Gasteiger partial charge in [-0.2, -0.15) is 0 Å². The maximum absolute atomic E-state index is 11.7. The summed E-state index contributed by atoms with van der Waals surface area (Å²) in [6.07, 6.45) is 0. The average molecular weight is 320 g/mol. The summed E-state index contributed by atoms with van der Waals surface area (Å²) in [5, 5.41) is -0.597. The van der Waals surface area contributed by atoms with E-state index in [1.54, 1.807) is 32.0 Å². The molecule has 0 aliphatic carbocycles. The van der Waals surface area contributed by atoms with E-state index >= 15 is 0 Å². The van der Waals surface area contributed by atoms with Crippen molar-refractivity contribution in [2.24, 2.45) is 0 Å². The molecule has 92 valence electrons. The highest BCUT2D eigenvalue weighted by atomic mass is 79.9. The van der Waals surface area contributed by atoms with E-state index < -0.39 is 11.3 Å². The number of hydrogen-bond donors (Lipinski definition) is 0. The van der Waals surface area contributed by atoms with Crippen LogP contribution in [0.15, 0.2) is 22.7 Å². The zero-order valence-electron chi connectivity index (χ0n) is 9.50. The summed E-state index contributed by atoms with van der Waals surface area (Å²) in [6, 6.07) is 4.68. The number of ether oxygens (including phenoxy) is 1. The van der Waals surface area contributed by atoms with E-state index in [1.165, 1.54) is 0 Å². The monoisotopic (exact) mass is 318 g/mol. The van der Waals surface area contributed by atoms with Crippen molar-refractivity contribution in [2.45, 2.75) is 19.2 Å². The van der Waals surface area contributed by atoms with Gasteiger partial charge in [0.1, 0.15) is 0 Å². The van der Waals surface area contributed by atoms with Crippen LogP contribution in [0.25, 0.3) is 0 Å². The summed E-state index contributed by atoms with van der Waals surface area (Å²) in [4.78, 5) is 23.2. The van der Waals surface area contributed by atoms with Crippen LogP contribution >= 0.6 is 27.5 Å². The number of halogens is 2. The molecule has 0 amide bonds. The first-order chi connectivity index (χ1) is 7.97. The molecule has 0 bridgehead atoms. The van der Waals surface area contributed by atoms with E-state index in [0.29, 0.717) is 22.2 Å².